The van der Waals surface area contributed by atoms with Gasteiger partial charge >= 0.3 is 5.63 Å². The van der Waals surface area contributed by atoms with Gasteiger partial charge in [0.1, 0.15) is 16.9 Å². The molecule has 3 aromatic rings. The third-order valence-electron chi connectivity index (χ3n) is 7.50. The van der Waals surface area contributed by atoms with Crippen molar-refractivity contribution >= 4 is 28.5 Å². The summed E-state index contributed by atoms with van der Waals surface area (Å²) in [6.07, 6.45) is 1.22. The second-order valence-corrected chi connectivity index (χ2v) is 11.2. The number of fused-ring (bicyclic) bond motifs is 1. The fourth-order valence-electron chi connectivity index (χ4n) is 4.33. The molecule has 0 fully saturated rings. The van der Waals surface area contributed by atoms with Crippen LogP contribution in [0.15, 0.2) is 57.7 Å². The summed E-state index contributed by atoms with van der Waals surface area (Å²) in [6, 6.07) is 14.0. The Morgan fingerprint density at radius 1 is 0.976 bits per heavy atom. The number of anilines is 1. The van der Waals surface area contributed by atoms with Gasteiger partial charge in [-0.1, -0.05) is 19.1 Å². The molecule has 0 saturated carbocycles. The van der Waals surface area contributed by atoms with Crippen molar-refractivity contribution in [2.45, 2.75) is 60.0 Å². The van der Waals surface area contributed by atoms with Crippen LogP contribution in [0.4, 0.5) is 5.69 Å². The minimum Gasteiger partial charge on any atom is -0.508 e. The highest BCUT2D eigenvalue weighted by atomic mass is 16.5. The molecule has 0 saturated heterocycles. The number of nitrogens with one attached hydrogen (secondary N) is 2. The number of phenolic OH excluding ortho intramolecular Hbond substituents is 1. The SMILES string of the molecule is CCN(CC)c1ccc2cc(C(=O)NCC(C)(CC)OCC(C)(C)C(=O)NCCc3ccc(O)cc3)c(=O)oc2c1. The number of aromatic hydroxyl groups is 1. The summed E-state index contributed by atoms with van der Waals surface area (Å²) in [4.78, 5) is 40.7. The van der Waals surface area contributed by atoms with Crippen LogP contribution in [-0.4, -0.2) is 55.3 Å². The summed E-state index contributed by atoms with van der Waals surface area (Å²) in [7, 11) is 0. The Labute approximate surface area is 241 Å². The molecule has 1 atom stereocenters. The summed E-state index contributed by atoms with van der Waals surface area (Å²) in [6.45, 7) is 13.9. The quantitative estimate of drug-likeness (QED) is 0.243. The summed E-state index contributed by atoms with van der Waals surface area (Å²) in [5.41, 5.74) is 0.0642. The smallest absolute Gasteiger partial charge is 0.349 e. The van der Waals surface area contributed by atoms with E-state index in [0.29, 0.717) is 30.4 Å². The van der Waals surface area contributed by atoms with Crippen LogP contribution in [0.5, 0.6) is 5.75 Å². The molecule has 0 bridgehead atoms. The van der Waals surface area contributed by atoms with Crippen LogP contribution >= 0.6 is 0 Å². The average Bonchev–Trinajstić information content (AvgIpc) is 2.96. The highest BCUT2D eigenvalue weighted by molar-refractivity contribution is 5.97. The van der Waals surface area contributed by atoms with Gasteiger partial charge in [0.05, 0.1) is 17.6 Å². The minimum atomic E-state index is -0.807. The van der Waals surface area contributed by atoms with Gasteiger partial charge in [0, 0.05) is 43.3 Å². The molecule has 1 heterocycles. The van der Waals surface area contributed by atoms with E-state index in [4.69, 9.17) is 9.15 Å². The van der Waals surface area contributed by atoms with Gasteiger partial charge < -0.3 is 29.8 Å². The number of carbonyl (C=O) groups excluding carboxylic acids is 2. The number of nitrogens with zero attached hydrogens (tertiary/aromatic N) is 1. The number of rotatable bonds is 14. The first-order chi connectivity index (χ1) is 19.4. The monoisotopic (exact) mass is 565 g/mol. The second kappa shape index (κ2) is 13.7. The molecular weight excluding hydrogens is 522 g/mol. The van der Waals surface area contributed by atoms with Crippen LogP contribution in [0, 0.1) is 5.41 Å². The maximum absolute atomic E-state index is 13.0. The van der Waals surface area contributed by atoms with E-state index in [-0.39, 0.29) is 30.4 Å². The van der Waals surface area contributed by atoms with Gasteiger partial charge in [0.25, 0.3) is 5.91 Å². The van der Waals surface area contributed by atoms with Crippen molar-refractivity contribution in [3.05, 3.63) is 70.1 Å². The van der Waals surface area contributed by atoms with E-state index in [2.05, 4.69) is 29.4 Å². The number of benzene rings is 2. The molecule has 9 heteroatoms. The highest BCUT2D eigenvalue weighted by Crippen LogP contribution is 2.24. The largest absolute Gasteiger partial charge is 0.508 e. The maximum Gasteiger partial charge on any atom is 0.349 e. The molecule has 0 aliphatic carbocycles. The van der Waals surface area contributed by atoms with Gasteiger partial charge in [0.15, 0.2) is 0 Å². The van der Waals surface area contributed by atoms with E-state index in [9.17, 15) is 19.5 Å². The molecule has 0 aliphatic rings. The van der Waals surface area contributed by atoms with Crippen molar-refractivity contribution in [1.29, 1.82) is 0 Å². The van der Waals surface area contributed by atoms with E-state index in [1.165, 1.54) is 0 Å². The zero-order valence-electron chi connectivity index (χ0n) is 25.0. The normalized spacial score (nSPS) is 13.0. The first kappa shape index (κ1) is 31.7. The molecule has 41 heavy (non-hydrogen) atoms. The van der Waals surface area contributed by atoms with Gasteiger partial charge in [-0.2, -0.15) is 0 Å². The Kier molecular flexibility index (Phi) is 10.6. The lowest BCUT2D eigenvalue weighted by atomic mass is 9.92. The standard InChI is InChI=1S/C32H43N3O6/c1-7-32(6,40-21-31(4,5)30(39)33-17-16-22-10-14-25(36)15-11-22)20-34-28(37)26-18-23-12-13-24(35(8-2)9-3)19-27(23)41-29(26)38/h10-15,18-19,36H,7-9,16-17,20-21H2,1-6H3,(H,33,39)(H,34,37). The van der Waals surface area contributed by atoms with E-state index in [1.54, 1.807) is 18.2 Å². The Morgan fingerprint density at radius 2 is 1.66 bits per heavy atom. The Morgan fingerprint density at radius 3 is 2.29 bits per heavy atom. The van der Waals surface area contributed by atoms with Crippen LogP contribution in [-0.2, 0) is 16.0 Å². The second-order valence-electron chi connectivity index (χ2n) is 11.2. The van der Waals surface area contributed by atoms with Gasteiger partial charge in [-0.3, -0.25) is 9.59 Å². The van der Waals surface area contributed by atoms with Gasteiger partial charge in [0.2, 0.25) is 5.91 Å². The molecule has 2 amide bonds. The Hall–Kier alpha value is -3.85. The lowest BCUT2D eigenvalue weighted by Crippen LogP contribution is -2.47. The van der Waals surface area contributed by atoms with Crippen LogP contribution in [0.25, 0.3) is 11.0 Å². The highest BCUT2D eigenvalue weighted by Gasteiger charge is 2.33. The van der Waals surface area contributed by atoms with Crippen molar-refractivity contribution in [2.24, 2.45) is 5.41 Å². The average molecular weight is 566 g/mol. The van der Waals surface area contributed by atoms with E-state index in [0.717, 1.165) is 24.3 Å². The Balaban J connectivity index is 1.58. The molecular formula is C32H43N3O6. The fourth-order valence-corrected chi connectivity index (χ4v) is 4.33. The van der Waals surface area contributed by atoms with Crippen molar-refractivity contribution in [3.63, 3.8) is 0 Å². The molecule has 3 rings (SSSR count). The van der Waals surface area contributed by atoms with Gasteiger partial charge in [-0.05, 0) is 83.4 Å². The molecule has 0 spiro atoms. The number of amides is 2. The van der Waals surface area contributed by atoms with Gasteiger partial charge in [-0.15, -0.1) is 0 Å². The van der Waals surface area contributed by atoms with Crippen LogP contribution in [0.3, 0.4) is 0 Å². The van der Waals surface area contributed by atoms with Gasteiger partial charge in [-0.25, -0.2) is 4.79 Å². The Bertz CT molecular complexity index is 1390. The predicted molar refractivity (Wildman–Crippen MR) is 162 cm³/mol. The van der Waals surface area contributed by atoms with Crippen LogP contribution in [0.1, 0.15) is 63.9 Å². The number of phenols is 1. The molecule has 222 valence electrons. The van der Waals surface area contributed by atoms with E-state index in [1.807, 2.05) is 58.0 Å². The third-order valence-corrected chi connectivity index (χ3v) is 7.50. The first-order valence-electron chi connectivity index (χ1n) is 14.2. The fraction of sp³-hybridized carbons (Fsp3) is 0.469. The van der Waals surface area contributed by atoms with Crippen molar-refractivity contribution in [1.82, 2.24) is 10.6 Å². The number of ether oxygens (including phenoxy) is 1. The van der Waals surface area contributed by atoms with E-state index < -0.39 is 22.5 Å². The molecule has 3 N–H and O–H groups in total. The molecule has 0 aliphatic heterocycles. The molecule has 1 unspecified atom stereocenters. The third kappa shape index (κ3) is 8.33. The zero-order chi connectivity index (χ0) is 30.2. The predicted octanol–water partition coefficient (Wildman–Crippen LogP) is 4.65. The number of hydrogen-bond donors (Lipinski definition) is 3. The molecule has 0 radical (unpaired) electrons. The molecule has 9 nitrogen and oxygen atoms in total. The number of carbonyl (C=O) groups is 2. The number of hydrogen-bond acceptors (Lipinski definition) is 7. The molecule has 1 aromatic heterocycles. The summed E-state index contributed by atoms with van der Waals surface area (Å²) >= 11 is 0. The lowest BCUT2D eigenvalue weighted by molar-refractivity contribution is -0.137. The topological polar surface area (TPSA) is 121 Å². The van der Waals surface area contributed by atoms with Crippen LogP contribution < -0.4 is 21.2 Å². The summed E-state index contributed by atoms with van der Waals surface area (Å²) < 4.78 is 11.7. The van der Waals surface area contributed by atoms with Crippen molar-refractivity contribution in [3.8, 4) is 5.75 Å². The van der Waals surface area contributed by atoms with Crippen molar-refractivity contribution in [2.75, 3.05) is 37.7 Å². The minimum absolute atomic E-state index is 0.0696. The maximum atomic E-state index is 13.0. The summed E-state index contributed by atoms with van der Waals surface area (Å²) in [5, 5.41) is 15.8. The van der Waals surface area contributed by atoms with Crippen LogP contribution in [0.2, 0.25) is 0 Å². The molecule has 2 aromatic carbocycles. The summed E-state index contributed by atoms with van der Waals surface area (Å²) in [5.74, 6) is -0.476. The van der Waals surface area contributed by atoms with Crippen molar-refractivity contribution < 1.29 is 23.8 Å². The lowest BCUT2D eigenvalue weighted by Gasteiger charge is -2.33. The first-order valence-corrected chi connectivity index (χ1v) is 14.2. The van der Waals surface area contributed by atoms with E-state index >= 15 is 0 Å². The zero-order valence-corrected chi connectivity index (χ0v) is 25.0.